The molecular formula is C16H19N5O. The molecule has 1 aromatic carbocycles. The van der Waals surface area contributed by atoms with Crippen molar-refractivity contribution < 1.29 is 4.79 Å². The normalized spacial score (nSPS) is 17.1. The third-order valence-corrected chi connectivity index (χ3v) is 4.35. The van der Waals surface area contributed by atoms with E-state index in [4.69, 9.17) is 0 Å². The van der Waals surface area contributed by atoms with E-state index in [9.17, 15) is 10.1 Å². The maximum absolute atomic E-state index is 12.5. The molecule has 0 saturated heterocycles. The van der Waals surface area contributed by atoms with Crippen molar-refractivity contribution in [1.82, 2.24) is 20.3 Å². The Morgan fingerprint density at radius 2 is 2.18 bits per heavy atom. The van der Waals surface area contributed by atoms with Crippen LogP contribution in [0.1, 0.15) is 49.4 Å². The number of fused-ring (bicyclic) bond motifs is 1. The zero-order valence-corrected chi connectivity index (χ0v) is 12.7. The summed E-state index contributed by atoms with van der Waals surface area (Å²) in [7, 11) is 0. The van der Waals surface area contributed by atoms with E-state index in [1.807, 2.05) is 13.0 Å². The molecule has 6 heteroatoms. The first-order valence-electron chi connectivity index (χ1n) is 7.74. The smallest absolute Gasteiger partial charge is 0.252 e. The van der Waals surface area contributed by atoms with Crippen molar-refractivity contribution in [2.24, 2.45) is 0 Å². The predicted octanol–water partition coefficient (Wildman–Crippen LogP) is 2.41. The maximum Gasteiger partial charge on any atom is 0.252 e. The van der Waals surface area contributed by atoms with E-state index in [1.165, 1.54) is 0 Å². The van der Waals surface area contributed by atoms with Gasteiger partial charge in [0.2, 0.25) is 0 Å². The van der Waals surface area contributed by atoms with Gasteiger partial charge >= 0.3 is 0 Å². The van der Waals surface area contributed by atoms with Gasteiger partial charge < -0.3 is 5.32 Å². The molecule has 1 saturated carbocycles. The Kier molecular flexibility index (Phi) is 3.80. The molecule has 0 atom stereocenters. The van der Waals surface area contributed by atoms with E-state index in [-0.39, 0.29) is 5.91 Å². The second kappa shape index (κ2) is 5.76. The number of carbonyl (C=O) groups excluding carboxylic acids is 1. The lowest BCUT2D eigenvalue weighted by Gasteiger charge is -2.31. The van der Waals surface area contributed by atoms with Crippen molar-refractivity contribution in [3.8, 4) is 6.07 Å². The van der Waals surface area contributed by atoms with Gasteiger partial charge in [-0.05, 0) is 38.0 Å². The molecule has 1 fully saturated rings. The highest BCUT2D eigenvalue weighted by Crippen LogP contribution is 2.28. The molecule has 1 N–H and O–H groups in total. The predicted molar refractivity (Wildman–Crippen MR) is 82.1 cm³/mol. The Morgan fingerprint density at radius 3 is 2.86 bits per heavy atom. The topological polar surface area (TPSA) is 83.6 Å². The van der Waals surface area contributed by atoms with Crippen LogP contribution < -0.4 is 5.32 Å². The van der Waals surface area contributed by atoms with Crippen LogP contribution in [0.3, 0.4) is 0 Å². The van der Waals surface area contributed by atoms with Crippen LogP contribution in [0.25, 0.3) is 11.0 Å². The quantitative estimate of drug-likeness (QED) is 0.943. The molecule has 2 aromatic rings. The zero-order valence-electron chi connectivity index (χ0n) is 12.7. The first kappa shape index (κ1) is 14.5. The number of amides is 1. The Morgan fingerprint density at radius 1 is 1.41 bits per heavy atom. The molecule has 1 aliphatic rings. The number of benzene rings is 1. The van der Waals surface area contributed by atoms with Gasteiger partial charge in [-0.3, -0.25) is 4.79 Å². The van der Waals surface area contributed by atoms with Crippen LogP contribution in [-0.4, -0.2) is 26.4 Å². The maximum atomic E-state index is 12.5. The van der Waals surface area contributed by atoms with E-state index in [0.717, 1.165) is 44.2 Å². The molecular weight excluding hydrogens is 278 g/mol. The van der Waals surface area contributed by atoms with E-state index in [2.05, 4.69) is 21.7 Å². The molecule has 1 amide bonds. The molecule has 1 aliphatic carbocycles. The Bertz CT molecular complexity index is 737. The first-order chi connectivity index (χ1) is 10.7. The van der Waals surface area contributed by atoms with E-state index < -0.39 is 5.54 Å². The van der Waals surface area contributed by atoms with Crippen LogP contribution in [0.4, 0.5) is 0 Å². The molecule has 0 unspecified atom stereocenters. The van der Waals surface area contributed by atoms with Crippen LogP contribution in [0.5, 0.6) is 0 Å². The lowest BCUT2D eigenvalue weighted by atomic mass is 9.82. The highest BCUT2D eigenvalue weighted by molar-refractivity contribution is 5.97. The van der Waals surface area contributed by atoms with Gasteiger partial charge in [-0.15, -0.1) is 5.10 Å². The minimum atomic E-state index is -0.717. The fourth-order valence-corrected chi connectivity index (χ4v) is 3.06. The standard InChI is InChI=1S/C16H19N5O/c1-2-21-14-7-6-12(10-13(14)19-20-21)15(22)18-16(11-17)8-4-3-5-9-16/h6-7,10H,2-5,8-9H2,1H3,(H,18,22). The summed E-state index contributed by atoms with van der Waals surface area (Å²) in [5.74, 6) is -0.212. The summed E-state index contributed by atoms with van der Waals surface area (Å²) in [5.41, 5.74) is 1.41. The molecule has 114 valence electrons. The largest absolute Gasteiger partial charge is 0.334 e. The average molecular weight is 297 g/mol. The third-order valence-electron chi connectivity index (χ3n) is 4.35. The van der Waals surface area contributed by atoms with Gasteiger partial charge in [-0.25, -0.2) is 4.68 Å². The molecule has 3 rings (SSSR count). The van der Waals surface area contributed by atoms with Crippen LogP contribution in [0, 0.1) is 11.3 Å². The minimum Gasteiger partial charge on any atom is -0.334 e. The second-order valence-corrected chi connectivity index (χ2v) is 5.82. The summed E-state index contributed by atoms with van der Waals surface area (Å²) in [6, 6.07) is 7.66. The van der Waals surface area contributed by atoms with Crippen LogP contribution in [-0.2, 0) is 6.54 Å². The molecule has 1 aromatic heterocycles. The molecule has 6 nitrogen and oxygen atoms in total. The van der Waals surface area contributed by atoms with Crippen molar-refractivity contribution in [3.63, 3.8) is 0 Å². The van der Waals surface area contributed by atoms with Crippen molar-refractivity contribution in [3.05, 3.63) is 23.8 Å². The van der Waals surface area contributed by atoms with Gasteiger partial charge in [0.15, 0.2) is 0 Å². The SMILES string of the molecule is CCn1nnc2cc(C(=O)NC3(C#N)CCCCC3)ccc21. The molecule has 0 radical (unpaired) electrons. The molecule has 0 spiro atoms. The molecule has 0 bridgehead atoms. The Labute approximate surface area is 129 Å². The number of hydrogen-bond acceptors (Lipinski definition) is 4. The minimum absolute atomic E-state index is 0.212. The lowest BCUT2D eigenvalue weighted by molar-refractivity contribution is 0.0903. The van der Waals surface area contributed by atoms with Gasteiger partial charge in [-0.2, -0.15) is 5.26 Å². The number of aromatic nitrogens is 3. The monoisotopic (exact) mass is 297 g/mol. The molecule has 1 heterocycles. The van der Waals surface area contributed by atoms with Crippen molar-refractivity contribution in [2.45, 2.75) is 51.1 Å². The number of nitriles is 1. The second-order valence-electron chi connectivity index (χ2n) is 5.82. The summed E-state index contributed by atoms with van der Waals surface area (Å²) in [6.07, 6.45) is 4.55. The summed E-state index contributed by atoms with van der Waals surface area (Å²) in [5, 5.41) is 20.5. The number of nitrogens with one attached hydrogen (secondary N) is 1. The number of nitrogens with zero attached hydrogens (tertiary/aromatic N) is 4. The summed E-state index contributed by atoms with van der Waals surface area (Å²) >= 11 is 0. The highest BCUT2D eigenvalue weighted by atomic mass is 16.1. The van der Waals surface area contributed by atoms with Gasteiger partial charge in [0, 0.05) is 12.1 Å². The van der Waals surface area contributed by atoms with E-state index >= 15 is 0 Å². The molecule has 0 aliphatic heterocycles. The fourth-order valence-electron chi connectivity index (χ4n) is 3.06. The average Bonchev–Trinajstić information content (AvgIpc) is 2.97. The van der Waals surface area contributed by atoms with E-state index in [1.54, 1.807) is 16.8 Å². The summed E-state index contributed by atoms with van der Waals surface area (Å²) in [4.78, 5) is 12.5. The van der Waals surface area contributed by atoms with Gasteiger partial charge in [0.25, 0.3) is 5.91 Å². The van der Waals surface area contributed by atoms with E-state index in [0.29, 0.717) is 11.1 Å². The zero-order chi connectivity index (χ0) is 15.6. The van der Waals surface area contributed by atoms with Crippen molar-refractivity contribution in [1.29, 1.82) is 5.26 Å². The Balaban J connectivity index is 1.84. The van der Waals surface area contributed by atoms with Crippen LogP contribution >= 0.6 is 0 Å². The van der Waals surface area contributed by atoms with Crippen LogP contribution in [0.2, 0.25) is 0 Å². The van der Waals surface area contributed by atoms with Crippen molar-refractivity contribution in [2.75, 3.05) is 0 Å². The Hall–Kier alpha value is -2.42. The highest BCUT2D eigenvalue weighted by Gasteiger charge is 2.33. The van der Waals surface area contributed by atoms with Gasteiger partial charge in [0.1, 0.15) is 11.1 Å². The van der Waals surface area contributed by atoms with Crippen LogP contribution in [0.15, 0.2) is 18.2 Å². The number of hydrogen-bond donors (Lipinski definition) is 1. The van der Waals surface area contributed by atoms with Gasteiger partial charge in [0.05, 0.1) is 11.6 Å². The number of rotatable bonds is 3. The molecule has 22 heavy (non-hydrogen) atoms. The van der Waals surface area contributed by atoms with Crippen molar-refractivity contribution >= 4 is 16.9 Å². The van der Waals surface area contributed by atoms with Gasteiger partial charge in [-0.1, -0.05) is 24.5 Å². The lowest BCUT2D eigenvalue weighted by Crippen LogP contribution is -2.48. The number of carbonyl (C=O) groups is 1. The fraction of sp³-hybridized carbons (Fsp3) is 0.500. The summed E-state index contributed by atoms with van der Waals surface area (Å²) < 4.78 is 1.79. The summed E-state index contributed by atoms with van der Waals surface area (Å²) in [6.45, 7) is 2.73. The first-order valence-corrected chi connectivity index (χ1v) is 7.74. The number of aryl methyl sites for hydroxylation is 1. The third kappa shape index (κ3) is 2.54.